The quantitative estimate of drug-likeness (QED) is 0.539. The molecule has 0 amide bonds. The first kappa shape index (κ1) is 7.55. The number of rotatable bonds is 0. The molecular formula is C9H7BrNO+. The van der Waals surface area contributed by atoms with Crippen LogP contribution in [0.25, 0.3) is 10.8 Å². The van der Waals surface area contributed by atoms with Crippen LogP contribution in [-0.2, 0) is 0 Å². The van der Waals surface area contributed by atoms with Crippen molar-refractivity contribution in [1.82, 2.24) is 0 Å². The van der Waals surface area contributed by atoms with E-state index in [0.717, 1.165) is 20.0 Å². The van der Waals surface area contributed by atoms with Gasteiger partial charge in [0.25, 0.3) is 0 Å². The summed E-state index contributed by atoms with van der Waals surface area (Å²) in [4.78, 5) is 0. The lowest BCUT2D eigenvalue weighted by atomic mass is 10.2. The molecule has 0 radical (unpaired) electrons. The van der Waals surface area contributed by atoms with Crippen molar-refractivity contribution in [3.05, 3.63) is 41.1 Å². The molecule has 12 heavy (non-hydrogen) atoms. The first-order valence-electron chi connectivity index (χ1n) is 3.56. The van der Waals surface area contributed by atoms with Crippen LogP contribution in [-0.4, -0.2) is 5.21 Å². The van der Waals surface area contributed by atoms with Gasteiger partial charge in [-0.2, -0.15) is 0 Å². The zero-order chi connectivity index (χ0) is 8.55. The molecule has 1 heterocycles. The molecule has 2 nitrogen and oxygen atoms in total. The van der Waals surface area contributed by atoms with E-state index in [9.17, 15) is 0 Å². The zero-order valence-corrected chi connectivity index (χ0v) is 7.82. The van der Waals surface area contributed by atoms with Crippen LogP contribution in [0.15, 0.2) is 41.1 Å². The first-order valence-corrected chi connectivity index (χ1v) is 4.35. The fraction of sp³-hybridized carbons (Fsp3) is 0. The molecule has 0 spiro atoms. The predicted molar refractivity (Wildman–Crippen MR) is 49.0 cm³/mol. The van der Waals surface area contributed by atoms with Gasteiger partial charge in [0.2, 0.25) is 12.4 Å². The second-order valence-corrected chi connectivity index (χ2v) is 3.42. The highest BCUT2D eigenvalue weighted by Gasteiger charge is 2.02. The number of fused-ring (bicyclic) bond motifs is 1. The van der Waals surface area contributed by atoms with Crippen LogP contribution in [0.2, 0.25) is 0 Å². The minimum Gasteiger partial charge on any atom is -0.285 e. The van der Waals surface area contributed by atoms with E-state index in [-0.39, 0.29) is 0 Å². The molecule has 3 heteroatoms. The Morgan fingerprint density at radius 2 is 2.08 bits per heavy atom. The standard InChI is InChI=1S/C9H7BrNO/c10-9-3-1-2-7-6-11(12)5-4-8(7)9/h1-6,12H/q+1. The van der Waals surface area contributed by atoms with Crippen molar-refractivity contribution < 1.29 is 9.94 Å². The van der Waals surface area contributed by atoms with Gasteiger partial charge in [-0.15, -0.1) is 0 Å². The number of hydrogen-bond donors (Lipinski definition) is 1. The molecule has 1 N–H and O–H groups in total. The summed E-state index contributed by atoms with van der Waals surface area (Å²) in [5.74, 6) is 0. The number of benzene rings is 1. The summed E-state index contributed by atoms with van der Waals surface area (Å²) in [5.41, 5.74) is 0. The van der Waals surface area contributed by atoms with Gasteiger partial charge < -0.3 is 0 Å². The van der Waals surface area contributed by atoms with E-state index in [1.807, 2.05) is 24.3 Å². The van der Waals surface area contributed by atoms with E-state index in [2.05, 4.69) is 15.9 Å². The van der Waals surface area contributed by atoms with E-state index in [0.29, 0.717) is 0 Å². The lowest BCUT2D eigenvalue weighted by Crippen LogP contribution is -2.27. The predicted octanol–water partition coefficient (Wildman–Crippen LogP) is 2.13. The normalized spacial score (nSPS) is 10.4. The average Bonchev–Trinajstić information content (AvgIpc) is 2.04. The summed E-state index contributed by atoms with van der Waals surface area (Å²) in [6.45, 7) is 0. The summed E-state index contributed by atoms with van der Waals surface area (Å²) in [5, 5.41) is 11.2. The Bertz CT molecular complexity index is 428. The Labute approximate surface area is 78.2 Å². The molecule has 0 atom stereocenters. The maximum atomic E-state index is 9.12. The number of nitrogens with zero attached hydrogens (tertiary/aromatic N) is 1. The molecule has 0 fully saturated rings. The van der Waals surface area contributed by atoms with E-state index < -0.39 is 0 Å². The third-order valence-corrected chi connectivity index (χ3v) is 2.44. The molecule has 0 aliphatic rings. The van der Waals surface area contributed by atoms with Gasteiger partial charge in [0, 0.05) is 20.7 Å². The van der Waals surface area contributed by atoms with Crippen molar-refractivity contribution >= 4 is 26.7 Å². The Morgan fingerprint density at radius 3 is 2.92 bits per heavy atom. The number of halogens is 1. The lowest BCUT2D eigenvalue weighted by molar-refractivity contribution is -0.903. The topological polar surface area (TPSA) is 24.1 Å². The van der Waals surface area contributed by atoms with E-state index in [1.165, 1.54) is 0 Å². The van der Waals surface area contributed by atoms with Crippen LogP contribution < -0.4 is 4.73 Å². The van der Waals surface area contributed by atoms with Gasteiger partial charge in [0.05, 0.1) is 5.39 Å². The van der Waals surface area contributed by atoms with Crippen molar-refractivity contribution in [2.24, 2.45) is 0 Å². The molecule has 60 valence electrons. The van der Waals surface area contributed by atoms with Crippen LogP contribution in [0.3, 0.4) is 0 Å². The molecular weight excluding hydrogens is 218 g/mol. The molecule has 1 aromatic heterocycles. The number of hydrogen-bond acceptors (Lipinski definition) is 1. The highest BCUT2D eigenvalue weighted by Crippen LogP contribution is 2.21. The SMILES string of the molecule is O[n+]1ccc2c(Br)cccc2c1. The van der Waals surface area contributed by atoms with Crippen molar-refractivity contribution in [1.29, 1.82) is 0 Å². The highest BCUT2D eigenvalue weighted by atomic mass is 79.9. The van der Waals surface area contributed by atoms with Crippen LogP contribution in [0, 0.1) is 0 Å². The minimum absolute atomic E-state index is 1.01. The second-order valence-electron chi connectivity index (χ2n) is 2.57. The first-order chi connectivity index (χ1) is 5.77. The molecule has 2 rings (SSSR count). The van der Waals surface area contributed by atoms with E-state index in [4.69, 9.17) is 5.21 Å². The van der Waals surface area contributed by atoms with E-state index >= 15 is 0 Å². The molecule has 0 saturated heterocycles. The average molecular weight is 225 g/mol. The molecule has 0 bridgehead atoms. The number of aromatic nitrogens is 1. The summed E-state index contributed by atoms with van der Waals surface area (Å²) in [6.07, 6.45) is 3.27. The van der Waals surface area contributed by atoms with Crippen molar-refractivity contribution in [2.75, 3.05) is 0 Å². The smallest absolute Gasteiger partial charge is 0.230 e. The zero-order valence-electron chi connectivity index (χ0n) is 6.24. The van der Waals surface area contributed by atoms with Crippen molar-refractivity contribution in [3.8, 4) is 0 Å². The van der Waals surface area contributed by atoms with Gasteiger partial charge in [-0.25, -0.2) is 0 Å². The number of pyridine rings is 1. The maximum Gasteiger partial charge on any atom is 0.230 e. The molecule has 2 aromatic rings. The van der Waals surface area contributed by atoms with Crippen LogP contribution in [0.5, 0.6) is 0 Å². The Balaban J connectivity index is 2.86. The Kier molecular flexibility index (Phi) is 1.73. The molecule has 1 aromatic carbocycles. The van der Waals surface area contributed by atoms with Gasteiger partial charge in [-0.1, -0.05) is 22.0 Å². The summed E-state index contributed by atoms with van der Waals surface area (Å²) >= 11 is 3.43. The summed E-state index contributed by atoms with van der Waals surface area (Å²) in [6, 6.07) is 7.72. The molecule has 0 aliphatic heterocycles. The third kappa shape index (κ3) is 1.16. The summed E-state index contributed by atoms with van der Waals surface area (Å²) < 4.78 is 2.09. The Hall–Kier alpha value is -1.09. The largest absolute Gasteiger partial charge is 0.285 e. The lowest BCUT2D eigenvalue weighted by Gasteiger charge is -1.95. The third-order valence-electron chi connectivity index (χ3n) is 1.75. The Morgan fingerprint density at radius 1 is 1.25 bits per heavy atom. The van der Waals surface area contributed by atoms with Crippen molar-refractivity contribution in [2.45, 2.75) is 0 Å². The van der Waals surface area contributed by atoms with Gasteiger partial charge in [0.1, 0.15) is 0 Å². The van der Waals surface area contributed by atoms with Crippen LogP contribution >= 0.6 is 15.9 Å². The maximum absolute atomic E-state index is 9.12. The minimum atomic E-state index is 1.01. The monoisotopic (exact) mass is 224 g/mol. The van der Waals surface area contributed by atoms with E-state index in [1.54, 1.807) is 12.4 Å². The van der Waals surface area contributed by atoms with Crippen LogP contribution in [0.4, 0.5) is 0 Å². The van der Waals surface area contributed by atoms with Crippen molar-refractivity contribution in [3.63, 3.8) is 0 Å². The van der Waals surface area contributed by atoms with Gasteiger partial charge in [-0.05, 0) is 12.1 Å². The molecule has 0 saturated carbocycles. The van der Waals surface area contributed by atoms with Gasteiger partial charge >= 0.3 is 0 Å². The van der Waals surface area contributed by atoms with Gasteiger partial charge in [-0.3, -0.25) is 5.21 Å². The summed E-state index contributed by atoms with van der Waals surface area (Å²) in [7, 11) is 0. The fourth-order valence-electron chi connectivity index (χ4n) is 1.18. The fourth-order valence-corrected chi connectivity index (χ4v) is 1.69. The molecule has 0 unspecified atom stereocenters. The second kappa shape index (κ2) is 2.75. The van der Waals surface area contributed by atoms with Gasteiger partial charge in [0.15, 0.2) is 0 Å². The molecule has 0 aliphatic carbocycles. The highest BCUT2D eigenvalue weighted by molar-refractivity contribution is 9.10. The van der Waals surface area contributed by atoms with Crippen LogP contribution in [0.1, 0.15) is 0 Å².